The maximum atomic E-state index is 5.26. The second kappa shape index (κ2) is 8.07. The van der Waals surface area contributed by atoms with E-state index in [2.05, 4.69) is 65.5 Å². The Labute approximate surface area is 173 Å². The van der Waals surface area contributed by atoms with E-state index in [4.69, 9.17) is 4.74 Å². The van der Waals surface area contributed by atoms with Crippen LogP contribution in [0.1, 0.15) is 20.3 Å². The van der Waals surface area contributed by atoms with Gasteiger partial charge in [0.25, 0.3) is 0 Å². The first-order valence-corrected chi connectivity index (χ1v) is 10.9. The Bertz CT molecular complexity index is 1110. The molecule has 28 heavy (non-hydrogen) atoms. The van der Waals surface area contributed by atoms with Crippen LogP contribution in [-0.2, 0) is 4.74 Å². The van der Waals surface area contributed by atoms with Gasteiger partial charge in [-0.3, -0.25) is 4.98 Å². The molecule has 1 N–H and O–H groups in total. The Morgan fingerprint density at radius 3 is 2.82 bits per heavy atom. The number of hydrogen-bond donors (Lipinski definition) is 1. The van der Waals surface area contributed by atoms with Gasteiger partial charge in [0.15, 0.2) is 0 Å². The van der Waals surface area contributed by atoms with E-state index in [1.54, 1.807) is 18.4 Å². The Morgan fingerprint density at radius 1 is 1.07 bits per heavy atom. The fraction of sp³-hybridized carbons (Fsp3) is 0.273. The minimum Gasteiger partial charge on any atom is -0.385 e. The summed E-state index contributed by atoms with van der Waals surface area (Å²) >= 11 is 3.53. The van der Waals surface area contributed by atoms with E-state index in [9.17, 15) is 0 Å². The number of hydrogen-bond acceptors (Lipinski definition) is 6. The number of ether oxygens (including phenoxy) is 1. The molecule has 0 amide bonds. The highest BCUT2D eigenvalue weighted by Crippen LogP contribution is 2.37. The zero-order valence-electron chi connectivity index (χ0n) is 16.2. The highest BCUT2D eigenvalue weighted by atomic mass is 32.2. The van der Waals surface area contributed by atoms with Gasteiger partial charge in [-0.15, -0.1) is 23.1 Å². The van der Waals surface area contributed by atoms with Crippen LogP contribution >= 0.6 is 23.1 Å². The number of anilines is 2. The topological polar surface area (TPSA) is 47.0 Å². The third kappa shape index (κ3) is 4.29. The summed E-state index contributed by atoms with van der Waals surface area (Å²) in [6.45, 7) is 5.28. The normalized spacial score (nSPS) is 12.0. The third-order valence-electron chi connectivity index (χ3n) is 4.62. The van der Waals surface area contributed by atoms with Gasteiger partial charge in [0, 0.05) is 46.3 Å². The van der Waals surface area contributed by atoms with Crippen molar-refractivity contribution in [1.82, 2.24) is 9.97 Å². The molecule has 4 rings (SSSR count). The average molecular weight is 410 g/mol. The van der Waals surface area contributed by atoms with Crippen molar-refractivity contribution in [2.24, 2.45) is 0 Å². The maximum absolute atomic E-state index is 5.26. The Balaban J connectivity index is 1.64. The molecule has 0 atom stereocenters. The van der Waals surface area contributed by atoms with Crippen molar-refractivity contribution in [2.45, 2.75) is 29.9 Å². The predicted octanol–water partition coefficient (Wildman–Crippen LogP) is 6.50. The summed E-state index contributed by atoms with van der Waals surface area (Å²) in [5.41, 5.74) is 5.97. The van der Waals surface area contributed by atoms with Gasteiger partial charge in [0.05, 0.1) is 21.2 Å². The van der Waals surface area contributed by atoms with Crippen LogP contribution in [0.3, 0.4) is 0 Å². The van der Waals surface area contributed by atoms with E-state index in [0.717, 1.165) is 40.8 Å². The monoisotopic (exact) mass is 409 g/mol. The molecular formula is C22H23N3OS2. The van der Waals surface area contributed by atoms with Gasteiger partial charge < -0.3 is 10.1 Å². The van der Waals surface area contributed by atoms with Crippen LogP contribution in [0.25, 0.3) is 21.1 Å². The molecule has 0 unspecified atom stereocenters. The minimum absolute atomic E-state index is 0.106. The van der Waals surface area contributed by atoms with Crippen molar-refractivity contribution >= 4 is 55.6 Å². The van der Waals surface area contributed by atoms with Crippen molar-refractivity contribution in [3.63, 3.8) is 0 Å². The second-order valence-electron chi connectivity index (χ2n) is 7.30. The molecule has 144 valence electrons. The molecule has 0 aliphatic rings. The highest BCUT2D eigenvalue weighted by molar-refractivity contribution is 8.00. The quantitative estimate of drug-likeness (QED) is 0.353. The Morgan fingerprint density at radius 2 is 1.96 bits per heavy atom. The summed E-state index contributed by atoms with van der Waals surface area (Å²) < 4.78 is 6.56. The average Bonchev–Trinajstić information content (AvgIpc) is 3.14. The zero-order chi connectivity index (χ0) is 19.6. The van der Waals surface area contributed by atoms with E-state index < -0.39 is 0 Å². The summed E-state index contributed by atoms with van der Waals surface area (Å²) in [5.74, 6) is 0. The molecular weight excluding hydrogens is 386 g/mol. The lowest BCUT2D eigenvalue weighted by atomic mass is 10.1. The first kappa shape index (κ1) is 19.2. The van der Waals surface area contributed by atoms with Crippen molar-refractivity contribution in [3.05, 3.63) is 54.2 Å². The van der Waals surface area contributed by atoms with Gasteiger partial charge in [-0.05, 0) is 48.9 Å². The molecule has 2 aromatic heterocycles. The zero-order valence-corrected chi connectivity index (χ0v) is 17.9. The number of aromatic nitrogens is 2. The summed E-state index contributed by atoms with van der Waals surface area (Å²) in [5, 5.41) is 4.67. The van der Waals surface area contributed by atoms with Gasteiger partial charge in [-0.2, -0.15) is 0 Å². The maximum Gasteiger partial charge on any atom is 0.0832 e. The lowest BCUT2D eigenvalue weighted by Crippen LogP contribution is -2.16. The van der Waals surface area contributed by atoms with Gasteiger partial charge in [0.1, 0.15) is 0 Å². The number of thioether (sulfide) groups is 1. The number of thiazole rings is 1. The number of rotatable bonds is 7. The number of nitrogens with one attached hydrogen (secondary N) is 1. The van der Waals surface area contributed by atoms with Crippen molar-refractivity contribution in [1.29, 1.82) is 0 Å². The number of nitrogens with zero attached hydrogens (tertiary/aromatic N) is 2. The SMILES string of the molecule is COCCC(C)(C)Sc1ccc2nccc(Nc3ccc4scnc4c3)c2c1. The molecule has 4 aromatic rings. The van der Waals surface area contributed by atoms with Gasteiger partial charge in [-0.1, -0.05) is 13.8 Å². The van der Waals surface area contributed by atoms with Crippen LogP contribution in [-0.4, -0.2) is 28.4 Å². The van der Waals surface area contributed by atoms with E-state index in [1.165, 1.54) is 9.60 Å². The standard InChI is InChI=1S/C22H23N3OS2/c1-22(2,9-11-26-3)28-16-5-6-18-17(13-16)19(8-10-23-18)25-15-4-7-21-20(12-15)24-14-27-21/h4-8,10,12-14H,9,11H2,1-3H3,(H,23,25). The molecule has 0 saturated carbocycles. The smallest absolute Gasteiger partial charge is 0.0832 e. The van der Waals surface area contributed by atoms with Crippen LogP contribution in [0.5, 0.6) is 0 Å². The molecule has 4 nitrogen and oxygen atoms in total. The molecule has 2 aromatic carbocycles. The van der Waals surface area contributed by atoms with E-state index >= 15 is 0 Å². The molecule has 0 bridgehead atoms. The predicted molar refractivity (Wildman–Crippen MR) is 121 cm³/mol. The highest BCUT2D eigenvalue weighted by Gasteiger charge is 2.19. The lowest BCUT2D eigenvalue weighted by molar-refractivity contribution is 0.187. The van der Waals surface area contributed by atoms with E-state index in [-0.39, 0.29) is 4.75 Å². The minimum atomic E-state index is 0.106. The molecule has 0 saturated heterocycles. The third-order valence-corrected chi connectivity index (χ3v) is 6.68. The molecule has 0 aliphatic heterocycles. The van der Waals surface area contributed by atoms with Crippen molar-refractivity contribution in [2.75, 3.05) is 19.0 Å². The molecule has 2 heterocycles. The summed E-state index contributed by atoms with van der Waals surface area (Å²) in [6.07, 6.45) is 2.85. The number of fused-ring (bicyclic) bond motifs is 2. The Kier molecular flexibility index (Phi) is 5.53. The molecule has 0 spiro atoms. The number of benzene rings is 2. The van der Waals surface area contributed by atoms with Gasteiger partial charge >= 0.3 is 0 Å². The van der Waals surface area contributed by atoms with Crippen molar-refractivity contribution < 1.29 is 4.74 Å². The first-order valence-electron chi connectivity index (χ1n) is 9.21. The van der Waals surface area contributed by atoms with Crippen LogP contribution in [0, 0.1) is 0 Å². The van der Waals surface area contributed by atoms with Gasteiger partial charge in [-0.25, -0.2) is 4.98 Å². The van der Waals surface area contributed by atoms with E-state index in [1.807, 2.05) is 29.5 Å². The summed E-state index contributed by atoms with van der Waals surface area (Å²) in [6, 6.07) is 14.8. The fourth-order valence-electron chi connectivity index (χ4n) is 3.11. The van der Waals surface area contributed by atoms with Crippen LogP contribution < -0.4 is 5.32 Å². The van der Waals surface area contributed by atoms with Crippen LogP contribution in [0.15, 0.2) is 59.1 Å². The molecule has 0 aliphatic carbocycles. The Hall–Kier alpha value is -2.15. The lowest BCUT2D eigenvalue weighted by Gasteiger charge is -2.24. The second-order valence-corrected chi connectivity index (χ2v) is 9.97. The number of pyridine rings is 1. The fourth-order valence-corrected chi connectivity index (χ4v) is 4.90. The molecule has 0 fully saturated rings. The summed E-state index contributed by atoms with van der Waals surface area (Å²) in [4.78, 5) is 10.2. The first-order chi connectivity index (χ1) is 13.5. The molecule has 6 heteroatoms. The molecule has 0 radical (unpaired) electrons. The summed E-state index contributed by atoms with van der Waals surface area (Å²) in [7, 11) is 1.75. The van der Waals surface area contributed by atoms with E-state index in [0.29, 0.717) is 0 Å². The number of methoxy groups -OCH3 is 1. The van der Waals surface area contributed by atoms with Gasteiger partial charge in [0.2, 0.25) is 0 Å². The van der Waals surface area contributed by atoms with Crippen LogP contribution in [0.2, 0.25) is 0 Å². The largest absolute Gasteiger partial charge is 0.385 e. The van der Waals surface area contributed by atoms with Crippen LogP contribution in [0.4, 0.5) is 11.4 Å². The van der Waals surface area contributed by atoms with Crippen molar-refractivity contribution in [3.8, 4) is 0 Å².